The molecule has 3 atom stereocenters. The van der Waals surface area contributed by atoms with Crippen LogP contribution in [0.5, 0.6) is 0 Å². The summed E-state index contributed by atoms with van der Waals surface area (Å²) >= 11 is 2.14. The van der Waals surface area contributed by atoms with Gasteiger partial charge in [0.25, 0.3) is 0 Å². The molecule has 0 radical (unpaired) electrons. The van der Waals surface area contributed by atoms with Crippen molar-refractivity contribution in [3.8, 4) is 0 Å². The Bertz CT molecular complexity index is 387. The van der Waals surface area contributed by atoms with Crippen LogP contribution >= 0.6 is 11.8 Å². The Balaban J connectivity index is 2.00. The van der Waals surface area contributed by atoms with Crippen LogP contribution in [-0.4, -0.2) is 17.0 Å². The van der Waals surface area contributed by atoms with Crippen molar-refractivity contribution in [1.82, 2.24) is 5.32 Å². The van der Waals surface area contributed by atoms with Gasteiger partial charge in [0.15, 0.2) is 0 Å². The number of benzene rings is 1. The molecule has 3 unspecified atom stereocenters. The van der Waals surface area contributed by atoms with Gasteiger partial charge in [-0.3, -0.25) is 0 Å². The fraction of sp³-hybridized carbons (Fsp3) is 0.667. The number of hydrogen-bond acceptors (Lipinski definition) is 2. The van der Waals surface area contributed by atoms with E-state index < -0.39 is 0 Å². The van der Waals surface area contributed by atoms with Gasteiger partial charge in [-0.15, -0.1) is 0 Å². The van der Waals surface area contributed by atoms with Crippen molar-refractivity contribution in [2.24, 2.45) is 0 Å². The van der Waals surface area contributed by atoms with Gasteiger partial charge in [0, 0.05) is 17.3 Å². The highest BCUT2D eigenvalue weighted by atomic mass is 32.2. The van der Waals surface area contributed by atoms with Crippen molar-refractivity contribution in [2.45, 2.75) is 70.2 Å². The summed E-state index contributed by atoms with van der Waals surface area (Å²) in [4.78, 5) is 0. The van der Waals surface area contributed by atoms with Gasteiger partial charge in [0.05, 0.1) is 0 Å². The monoisotopic (exact) mass is 291 g/mol. The summed E-state index contributed by atoms with van der Waals surface area (Å²) in [6.45, 7) is 6.79. The highest BCUT2D eigenvalue weighted by Crippen LogP contribution is 2.32. The fourth-order valence-corrected chi connectivity index (χ4v) is 4.43. The van der Waals surface area contributed by atoms with E-state index >= 15 is 0 Å². The van der Waals surface area contributed by atoms with E-state index in [-0.39, 0.29) is 0 Å². The van der Waals surface area contributed by atoms with Crippen LogP contribution in [0.3, 0.4) is 0 Å². The molecule has 1 aromatic carbocycles. The molecule has 20 heavy (non-hydrogen) atoms. The van der Waals surface area contributed by atoms with Gasteiger partial charge in [0.1, 0.15) is 0 Å². The Morgan fingerprint density at radius 2 is 1.90 bits per heavy atom. The average Bonchev–Trinajstić information content (AvgIpc) is 2.92. The quantitative estimate of drug-likeness (QED) is 0.761. The highest BCUT2D eigenvalue weighted by molar-refractivity contribution is 7.99. The Kier molecular flexibility index (Phi) is 6.44. The third kappa shape index (κ3) is 4.02. The maximum Gasteiger partial charge on any atom is 0.0320 e. The lowest BCUT2D eigenvalue weighted by Crippen LogP contribution is -2.37. The van der Waals surface area contributed by atoms with Gasteiger partial charge < -0.3 is 5.32 Å². The molecule has 112 valence electrons. The third-order valence-corrected chi connectivity index (χ3v) is 5.77. The van der Waals surface area contributed by atoms with E-state index in [0.29, 0.717) is 12.1 Å². The Morgan fingerprint density at radius 3 is 2.50 bits per heavy atom. The normalized spacial score (nSPS) is 23.9. The van der Waals surface area contributed by atoms with Crippen molar-refractivity contribution in [1.29, 1.82) is 0 Å². The SMILES string of the molecule is CCSC1CCCC1NC(CC)c1ccc(CC)cc1. The van der Waals surface area contributed by atoms with Crippen LogP contribution in [0.2, 0.25) is 0 Å². The standard InChI is InChI=1S/C18H29NS/c1-4-14-10-12-15(13-11-14)16(5-2)19-17-8-7-9-18(17)20-6-3/h10-13,16-19H,4-9H2,1-3H3. The molecule has 0 aromatic heterocycles. The minimum atomic E-state index is 0.518. The van der Waals surface area contributed by atoms with Crippen LogP contribution in [0.15, 0.2) is 24.3 Å². The molecule has 1 aliphatic rings. The minimum Gasteiger partial charge on any atom is -0.306 e. The molecule has 1 N–H and O–H groups in total. The molecule has 1 aromatic rings. The van der Waals surface area contributed by atoms with Crippen molar-refractivity contribution in [3.05, 3.63) is 35.4 Å². The van der Waals surface area contributed by atoms with Gasteiger partial charge in [-0.1, -0.05) is 51.5 Å². The van der Waals surface area contributed by atoms with Crippen molar-refractivity contribution < 1.29 is 0 Å². The molecular weight excluding hydrogens is 262 g/mol. The molecule has 0 amide bonds. The summed E-state index contributed by atoms with van der Waals surface area (Å²) in [6.07, 6.45) is 6.43. The van der Waals surface area contributed by atoms with E-state index in [9.17, 15) is 0 Å². The molecule has 0 spiro atoms. The summed E-state index contributed by atoms with van der Waals surface area (Å²) in [5.41, 5.74) is 2.89. The molecule has 1 aliphatic carbocycles. The number of thioether (sulfide) groups is 1. The van der Waals surface area contributed by atoms with Crippen LogP contribution in [0.1, 0.15) is 63.6 Å². The molecule has 0 aliphatic heterocycles. The molecular formula is C18H29NS. The Hall–Kier alpha value is -0.470. The maximum absolute atomic E-state index is 3.93. The predicted molar refractivity (Wildman–Crippen MR) is 91.5 cm³/mol. The number of rotatable bonds is 7. The van der Waals surface area contributed by atoms with Gasteiger partial charge >= 0.3 is 0 Å². The maximum atomic E-state index is 3.93. The summed E-state index contributed by atoms with van der Waals surface area (Å²) in [5, 5.41) is 4.76. The van der Waals surface area contributed by atoms with Crippen LogP contribution < -0.4 is 5.32 Å². The molecule has 0 bridgehead atoms. The van der Waals surface area contributed by atoms with Gasteiger partial charge in [-0.05, 0) is 42.6 Å². The molecule has 2 rings (SSSR count). The van der Waals surface area contributed by atoms with Crippen LogP contribution in [0, 0.1) is 0 Å². The van der Waals surface area contributed by atoms with Crippen LogP contribution in [-0.2, 0) is 6.42 Å². The van der Waals surface area contributed by atoms with Crippen molar-refractivity contribution in [3.63, 3.8) is 0 Å². The van der Waals surface area contributed by atoms with E-state index in [1.807, 2.05) is 0 Å². The van der Waals surface area contributed by atoms with Gasteiger partial charge in [0.2, 0.25) is 0 Å². The predicted octanol–water partition coefficient (Wildman–Crippen LogP) is 4.96. The topological polar surface area (TPSA) is 12.0 Å². The lowest BCUT2D eigenvalue weighted by atomic mass is 10.0. The minimum absolute atomic E-state index is 0.518. The first-order chi connectivity index (χ1) is 9.78. The number of hydrogen-bond donors (Lipinski definition) is 1. The summed E-state index contributed by atoms with van der Waals surface area (Å²) in [7, 11) is 0. The van der Waals surface area contributed by atoms with E-state index in [4.69, 9.17) is 0 Å². The summed E-state index contributed by atoms with van der Waals surface area (Å²) < 4.78 is 0. The first kappa shape index (κ1) is 15.9. The second kappa shape index (κ2) is 8.09. The molecule has 1 fully saturated rings. The second-order valence-corrected chi connectivity index (χ2v) is 7.27. The first-order valence-electron chi connectivity index (χ1n) is 8.24. The Morgan fingerprint density at radius 1 is 1.15 bits per heavy atom. The number of aryl methyl sites for hydroxylation is 1. The van der Waals surface area contributed by atoms with Crippen LogP contribution in [0.25, 0.3) is 0 Å². The zero-order valence-electron chi connectivity index (χ0n) is 13.2. The van der Waals surface area contributed by atoms with E-state index in [0.717, 1.165) is 11.7 Å². The summed E-state index contributed by atoms with van der Waals surface area (Å²) in [5.74, 6) is 1.24. The van der Waals surface area contributed by atoms with Crippen LogP contribution in [0.4, 0.5) is 0 Å². The molecule has 1 nitrogen and oxygen atoms in total. The number of nitrogens with one attached hydrogen (secondary N) is 1. The molecule has 0 heterocycles. The lowest BCUT2D eigenvalue weighted by Gasteiger charge is -2.26. The molecule has 0 saturated heterocycles. The first-order valence-corrected chi connectivity index (χ1v) is 9.29. The van der Waals surface area contributed by atoms with E-state index in [2.05, 4.69) is 62.1 Å². The van der Waals surface area contributed by atoms with E-state index in [1.54, 1.807) is 0 Å². The fourth-order valence-electron chi connectivity index (χ4n) is 3.22. The lowest BCUT2D eigenvalue weighted by molar-refractivity contribution is 0.435. The second-order valence-electron chi connectivity index (χ2n) is 5.75. The van der Waals surface area contributed by atoms with Crippen molar-refractivity contribution in [2.75, 3.05) is 5.75 Å². The van der Waals surface area contributed by atoms with Gasteiger partial charge in [-0.25, -0.2) is 0 Å². The average molecular weight is 292 g/mol. The summed E-state index contributed by atoms with van der Waals surface area (Å²) in [6, 6.07) is 10.4. The van der Waals surface area contributed by atoms with Crippen molar-refractivity contribution >= 4 is 11.8 Å². The Labute approximate surface area is 128 Å². The van der Waals surface area contributed by atoms with E-state index in [1.165, 1.54) is 42.6 Å². The zero-order valence-corrected chi connectivity index (χ0v) is 14.0. The largest absolute Gasteiger partial charge is 0.306 e. The van der Waals surface area contributed by atoms with Gasteiger partial charge in [-0.2, -0.15) is 11.8 Å². The highest BCUT2D eigenvalue weighted by Gasteiger charge is 2.28. The molecule has 2 heteroatoms. The zero-order chi connectivity index (χ0) is 14.4. The smallest absolute Gasteiger partial charge is 0.0320 e. The molecule has 1 saturated carbocycles. The third-order valence-electron chi connectivity index (χ3n) is 4.45.